The van der Waals surface area contributed by atoms with Crippen molar-refractivity contribution in [3.05, 3.63) is 29.3 Å². The van der Waals surface area contributed by atoms with Crippen molar-refractivity contribution in [2.45, 2.75) is 39.2 Å². The molecule has 1 fully saturated rings. The number of rotatable bonds is 5. The topological polar surface area (TPSA) is 35.2 Å². The summed E-state index contributed by atoms with van der Waals surface area (Å²) in [6, 6.07) is 6.43. The Balaban J connectivity index is 2.12. The molecular weight excluding hydrogens is 198 g/mol. The second-order valence-electron chi connectivity index (χ2n) is 4.76. The van der Waals surface area contributed by atoms with Gasteiger partial charge in [-0.2, -0.15) is 0 Å². The smallest absolute Gasteiger partial charge is 0.122 e. The molecule has 2 heteroatoms. The predicted molar refractivity (Wildman–Crippen MR) is 66.6 cm³/mol. The zero-order chi connectivity index (χ0) is 11.5. The summed E-state index contributed by atoms with van der Waals surface area (Å²) in [5.41, 5.74) is 8.32. The molecule has 1 aromatic rings. The molecule has 0 bridgehead atoms. The normalized spacial score (nSPS) is 17.2. The van der Waals surface area contributed by atoms with Gasteiger partial charge in [-0.05, 0) is 49.3 Å². The molecule has 16 heavy (non-hydrogen) atoms. The van der Waals surface area contributed by atoms with E-state index in [-0.39, 0.29) is 6.04 Å². The van der Waals surface area contributed by atoms with Gasteiger partial charge in [0.25, 0.3) is 0 Å². The van der Waals surface area contributed by atoms with Crippen LogP contribution in [0.4, 0.5) is 0 Å². The van der Waals surface area contributed by atoms with Crippen LogP contribution in [0.3, 0.4) is 0 Å². The maximum Gasteiger partial charge on any atom is 0.122 e. The van der Waals surface area contributed by atoms with Gasteiger partial charge < -0.3 is 10.5 Å². The maximum atomic E-state index is 5.89. The van der Waals surface area contributed by atoms with Crippen LogP contribution >= 0.6 is 0 Å². The lowest BCUT2D eigenvalue weighted by molar-refractivity contribution is 0.296. The fourth-order valence-electron chi connectivity index (χ4n) is 1.77. The average Bonchev–Trinajstić information content (AvgIpc) is 3.09. The van der Waals surface area contributed by atoms with Crippen molar-refractivity contribution < 1.29 is 4.74 Å². The van der Waals surface area contributed by atoms with Crippen molar-refractivity contribution in [2.75, 3.05) is 6.61 Å². The van der Waals surface area contributed by atoms with E-state index in [0.717, 1.165) is 30.3 Å². The van der Waals surface area contributed by atoms with Crippen molar-refractivity contribution in [2.24, 2.45) is 11.7 Å². The third-order valence-corrected chi connectivity index (χ3v) is 3.17. The van der Waals surface area contributed by atoms with Gasteiger partial charge in [0, 0.05) is 6.04 Å². The quantitative estimate of drug-likeness (QED) is 0.826. The van der Waals surface area contributed by atoms with Crippen LogP contribution in [0.5, 0.6) is 5.75 Å². The Kier molecular flexibility index (Phi) is 3.49. The average molecular weight is 219 g/mol. The minimum Gasteiger partial charge on any atom is -0.493 e. The van der Waals surface area contributed by atoms with E-state index >= 15 is 0 Å². The zero-order valence-electron chi connectivity index (χ0n) is 10.2. The van der Waals surface area contributed by atoms with Gasteiger partial charge in [0.1, 0.15) is 5.75 Å². The van der Waals surface area contributed by atoms with E-state index in [4.69, 9.17) is 10.5 Å². The standard InChI is InChI=1S/C14H21NO/c1-3-12-6-7-13(10(2)15)8-14(12)16-9-11-4-5-11/h6-8,10-11H,3-5,9,15H2,1-2H3/t10-/m0/s1. The Bertz CT molecular complexity index is 356. The van der Waals surface area contributed by atoms with Gasteiger partial charge in [0.05, 0.1) is 6.61 Å². The van der Waals surface area contributed by atoms with E-state index in [1.54, 1.807) is 0 Å². The van der Waals surface area contributed by atoms with Gasteiger partial charge in [-0.15, -0.1) is 0 Å². The minimum absolute atomic E-state index is 0.0779. The minimum atomic E-state index is 0.0779. The van der Waals surface area contributed by atoms with E-state index in [2.05, 4.69) is 25.1 Å². The molecule has 1 aromatic carbocycles. The van der Waals surface area contributed by atoms with Crippen LogP contribution in [0.1, 0.15) is 43.9 Å². The number of benzene rings is 1. The molecule has 1 aliphatic carbocycles. The molecule has 88 valence electrons. The molecule has 0 aromatic heterocycles. The lowest BCUT2D eigenvalue weighted by Crippen LogP contribution is -2.07. The fourth-order valence-corrected chi connectivity index (χ4v) is 1.77. The van der Waals surface area contributed by atoms with Gasteiger partial charge in [0.15, 0.2) is 0 Å². The van der Waals surface area contributed by atoms with Crippen molar-refractivity contribution in [3.8, 4) is 5.75 Å². The second kappa shape index (κ2) is 4.88. The molecule has 1 aliphatic rings. The van der Waals surface area contributed by atoms with E-state index in [1.165, 1.54) is 18.4 Å². The summed E-state index contributed by atoms with van der Waals surface area (Å²) >= 11 is 0. The highest BCUT2D eigenvalue weighted by atomic mass is 16.5. The van der Waals surface area contributed by atoms with E-state index in [0.29, 0.717) is 0 Å². The summed E-state index contributed by atoms with van der Waals surface area (Å²) in [6.45, 7) is 5.03. The Morgan fingerprint density at radius 3 is 2.75 bits per heavy atom. The van der Waals surface area contributed by atoms with Crippen molar-refractivity contribution >= 4 is 0 Å². The zero-order valence-corrected chi connectivity index (χ0v) is 10.2. The summed E-state index contributed by atoms with van der Waals surface area (Å²) in [5, 5.41) is 0. The molecule has 0 aliphatic heterocycles. The number of hydrogen-bond donors (Lipinski definition) is 1. The number of hydrogen-bond acceptors (Lipinski definition) is 2. The molecule has 1 saturated carbocycles. The summed E-state index contributed by atoms with van der Waals surface area (Å²) in [4.78, 5) is 0. The lowest BCUT2D eigenvalue weighted by atomic mass is 10.0. The first-order valence-electron chi connectivity index (χ1n) is 6.22. The van der Waals surface area contributed by atoms with Gasteiger partial charge in [-0.25, -0.2) is 0 Å². The highest BCUT2D eigenvalue weighted by Gasteiger charge is 2.22. The van der Waals surface area contributed by atoms with Crippen LogP contribution < -0.4 is 10.5 Å². The number of ether oxygens (including phenoxy) is 1. The highest BCUT2D eigenvalue weighted by Crippen LogP contribution is 2.31. The van der Waals surface area contributed by atoms with Crippen molar-refractivity contribution in [1.29, 1.82) is 0 Å². The van der Waals surface area contributed by atoms with Crippen LogP contribution in [-0.4, -0.2) is 6.61 Å². The first-order valence-corrected chi connectivity index (χ1v) is 6.22. The van der Waals surface area contributed by atoms with Crippen LogP contribution in [0, 0.1) is 5.92 Å². The fraction of sp³-hybridized carbons (Fsp3) is 0.571. The van der Waals surface area contributed by atoms with Gasteiger partial charge in [-0.1, -0.05) is 19.1 Å². The molecule has 2 N–H and O–H groups in total. The van der Waals surface area contributed by atoms with Gasteiger partial charge in [0.2, 0.25) is 0 Å². The number of aryl methyl sites for hydroxylation is 1. The van der Waals surface area contributed by atoms with E-state index in [9.17, 15) is 0 Å². The van der Waals surface area contributed by atoms with Gasteiger partial charge >= 0.3 is 0 Å². The molecule has 2 rings (SSSR count). The van der Waals surface area contributed by atoms with E-state index < -0.39 is 0 Å². The molecule has 0 radical (unpaired) electrons. The second-order valence-corrected chi connectivity index (χ2v) is 4.76. The first kappa shape index (κ1) is 11.5. The Morgan fingerprint density at radius 1 is 1.44 bits per heavy atom. The lowest BCUT2D eigenvalue weighted by Gasteiger charge is -2.13. The highest BCUT2D eigenvalue weighted by molar-refractivity contribution is 5.38. The number of nitrogens with two attached hydrogens (primary N) is 1. The Hall–Kier alpha value is -1.02. The molecule has 0 heterocycles. The van der Waals surface area contributed by atoms with Crippen molar-refractivity contribution in [1.82, 2.24) is 0 Å². The SMILES string of the molecule is CCc1ccc([C@H](C)N)cc1OCC1CC1. The van der Waals surface area contributed by atoms with E-state index in [1.807, 2.05) is 6.92 Å². The molecule has 2 nitrogen and oxygen atoms in total. The van der Waals surface area contributed by atoms with Gasteiger partial charge in [-0.3, -0.25) is 0 Å². The van der Waals surface area contributed by atoms with Crippen LogP contribution in [0.15, 0.2) is 18.2 Å². The summed E-state index contributed by atoms with van der Waals surface area (Å²) in [6.07, 6.45) is 3.67. The maximum absolute atomic E-state index is 5.89. The Labute approximate surface area is 97.8 Å². The summed E-state index contributed by atoms with van der Waals surface area (Å²) in [5.74, 6) is 1.83. The monoisotopic (exact) mass is 219 g/mol. The molecule has 0 saturated heterocycles. The largest absolute Gasteiger partial charge is 0.493 e. The summed E-state index contributed by atoms with van der Waals surface area (Å²) < 4.78 is 5.89. The third-order valence-electron chi connectivity index (χ3n) is 3.17. The molecule has 1 atom stereocenters. The molecule has 0 unspecified atom stereocenters. The van der Waals surface area contributed by atoms with Crippen LogP contribution in [0.25, 0.3) is 0 Å². The molecule has 0 spiro atoms. The Morgan fingerprint density at radius 2 is 2.19 bits per heavy atom. The molecular formula is C14H21NO. The third kappa shape index (κ3) is 2.76. The van der Waals surface area contributed by atoms with Crippen LogP contribution in [0.2, 0.25) is 0 Å². The first-order chi connectivity index (χ1) is 7.70. The van der Waals surface area contributed by atoms with Crippen molar-refractivity contribution in [3.63, 3.8) is 0 Å². The predicted octanol–water partition coefficient (Wildman–Crippen LogP) is 3.06. The van der Waals surface area contributed by atoms with Crippen LogP contribution in [-0.2, 0) is 6.42 Å². The molecule has 0 amide bonds. The summed E-state index contributed by atoms with van der Waals surface area (Å²) in [7, 11) is 0.